The van der Waals surface area contributed by atoms with E-state index in [9.17, 15) is 9.90 Å². The van der Waals surface area contributed by atoms with E-state index in [4.69, 9.17) is 4.42 Å². The highest BCUT2D eigenvalue weighted by Gasteiger charge is 2.25. The van der Waals surface area contributed by atoms with E-state index in [-0.39, 0.29) is 11.7 Å². The number of nitrogens with zero attached hydrogens (tertiary/aromatic N) is 1. The van der Waals surface area contributed by atoms with Gasteiger partial charge in [-0.25, -0.2) is 0 Å². The molecule has 5 heteroatoms. The maximum Gasteiger partial charge on any atom is 0.259 e. The highest BCUT2D eigenvalue weighted by molar-refractivity contribution is 6.14. The van der Waals surface area contributed by atoms with Gasteiger partial charge >= 0.3 is 0 Å². The molecule has 0 bridgehead atoms. The second kappa shape index (κ2) is 8.15. The van der Waals surface area contributed by atoms with E-state index in [2.05, 4.69) is 17.1 Å². The highest BCUT2D eigenvalue weighted by Crippen LogP contribution is 2.36. The number of hydrogen-bond acceptors (Lipinski definition) is 4. The van der Waals surface area contributed by atoms with E-state index < -0.39 is 0 Å². The first-order chi connectivity index (χ1) is 14.3. The van der Waals surface area contributed by atoms with Crippen molar-refractivity contribution in [2.75, 3.05) is 18.4 Å². The molecule has 0 radical (unpaired) electrons. The Morgan fingerprint density at radius 3 is 2.77 bits per heavy atom. The van der Waals surface area contributed by atoms with Crippen LogP contribution in [0.1, 0.15) is 52.6 Å². The lowest BCUT2D eigenvalue weighted by Gasteiger charge is -2.31. The zero-order chi connectivity index (χ0) is 21.4. The number of nitrogens with one attached hydrogen (secondary N) is 1. The van der Waals surface area contributed by atoms with Crippen LogP contribution in [0.5, 0.6) is 5.75 Å². The molecule has 4 rings (SSSR count). The molecule has 2 N–H and O–H groups in total. The van der Waals surface area contributed by atoms with Crippen molar-refractivity contribution in [2.45, 2.75) is 47.1 Å². The largest absolute Gasteiger partial charge is 0.508 e. The van der Waals surface area contributed by atoms with Crippen molar-refractivity contribution in [3.63, 3.8) is 0 Å². The summed E-state index contributed by atoms with van der Waals surface area (Å²) in [7, 11) is 0. The summed E-state index contributed by atoms with van der Waals surface area (Å²) in [6, 6.07) is 9.36. The zero-order valence-corrected chi connectivity index (χ0v) is 18.2. The molecule has 0 aliphatic carbocycles. The SMILES string of the molecule is Cc1ccc(NC(=O)c2c(C)oc3ccc(O)c(CN4CCC[C@@H](C)C4)c23)c(C)c1. The zero-order valence-electron chi connectivity index (χ0n) is 18.2. The summed E-state index contributed by atoms with van der Waals surface area (Å²) >= 11 is 0. The minimum Gasteiger partial charge on any atom is -0.508 e. The van der Waals surface area contributed by atoms with E-state index in [1.165, 1.54) is 6.42 Å². The number of hydrogen-bond donors (Lipinski definition) is 2. The van der Waals surface area contributed by atoms with Gasteiger partial charge in [0.1, 0.15) is 17.1 Å². The van der Waals surface area contributed by atoms with Gasteiger partial charge in [0.25, 0.3) is 5.91 Å². The van der Waals surface area contributed by atoms with Crippen LogP contribution in [-0.2, 0) is 6.54 Å². The fourth-order valence-corrected chi connectivity index (χ4v) is 4.59. The van der Waals surface area contributed by atoms with Gasteiger partial charge < -0.3 is 14.8 Å². The van der Waals surface area contributed by atoms with Crippen molar-refractivity contribution < 1.29 is 14.3 Å². The van der Waals surface area contributed by atoms with Gasteiger partial charge in [-0.1, -0.05) is 24.6 Å². The number of carbonyl (C=O) groups is 1. The van der Waals surface area contributed by atoms with Crippen LogP contribution in [0.25, 0.3) is 11.0 Å². The maximum absolute atomic E-state index is 13.3. The fourth-order valence-electron chi connectivity index (χ4n) is 4.59. The number of phenols is 1. The smallest absolute Gasteiger partial charge is 0.259 e. The number of carbonyl (C=O) groups excluding carboxylic acids is 1. The lowest BCUT2D eigenvalue weighted by molar-refractivity contribution is 0.102. The number of aryl methyl sites for hydroxylation is 3. The third-order valence-electron chi connectivity index (χ3n) is 6.10. The van der Waals surface area contributed by atoms with Gasteiger partial charge in [0.15, 0.2) is 0 Å². The molecule has 30 heavy (non-hydrogen) atoms. The predicted molar refractivity (Wildman–Crippen MR) is 120 cm³/mol. The van der Waals surface area contributed by atoms with E-state index >= 15 is 0 Å². The van der Waals surface area contributed by atoms with Gasteiger partial charge in [-0.3, -0.25) is 9.69 Å². The van der Waals surface area contributed by atoms with Crippen LogP contribution in [0.4, 0.5) is 5.69 Å². The summed E-state index contributed by atoms with van der Waals surface area (Å²) in [5, 5.41) is 14.4. The van der Waals surface area contributed by atoms with Crippen molar-refractivity contribution in [1.29, 1.82) is 0 Å². The summed E-state index contributed by atoms with van der Waals surface area (Å²) in [5.74, 6) is 1.20. The molecule has 158 valence electrons. The summed E-state index contributed by atoms with van der Waals surface area (Å²) in [6.07, 6.45) is 2.39. The quantitative estimate of drug-likeness (QED) is 0.596. The molecule has 1 fully saturated rings. The topological polar surface area (TPSA) is 65.7 Å². The molecule has 1 saturated heterocycles. The van der Waals surface area contributed by atoms with E-state index in [1.807, 2.05) is 32.0 Å². The number of fused-ring (bicyclic) bond motifs is 1. The van der Waals surface area contributed by atoms with Crippen molar-refractivity contribution in [2.24, 2.45) is 5.92 Å². The number of amides is 1. The molecule has 3 aromatic rings. The number of anilines is 1. The van der Waals surface area contributed by atoms with Gasteiger partial charge in [0.2, 0.25) is 0 Å². The van der Waals surface area contributed by atoms with Gasteiger partial charge in [-0.2, -0.15) is 0 Å². The molecule has 1 aliphatic rings. The molecule has 0 spiro atoms. The second-order valence-corrected chi connectivity index (χ2v) is 8.72. The third-order valence-corrected chi connectivity index (χ3v) is 6.10. The Hall–Kier alpha value is -2.79. The Labute approximate surface area is 177 Å². The summed E-state index contributed by atoms with van der Waals surface area (Å²) in [6.45, 7) is 10.7. The normalized spacial score (nSPS) is 17.4. The highest BCUT2D eigenvalue weighted by atomic mass is 16.3. The Morgan fingerprint density at radius 2 is 2.03 bits per heavy atom. The molecule has 1 aliphatic heterocycles. The maximum atomic E-state index is 13.3. The molecule has 1 aromatic heterocycles. The molecule has 1 atom stereocenters. The van der Waals surface area contributed by atoms with Crippen LogP contribution in [0.15, 0.2) is 34.7 Å². The predicted octanol–water partition coefficient (Wildman–Crippen LogP) is 5.55. The average molecular weight is 407 g/mol. The summed E-state index contributed by atoms with van der Waals surface area (Å²) in [4.78, 5) is 15.6. The number of piperidine rings is 1. The Balaban J connectivity index is 1.73. The van der Waals surface area contributed by atoms with Crippen molar-refractivity contribution in [1.82, 2.24) is 4.90 Å². The van der Waals surface area contributed by atoms with Gasteiger partial charge in [0.05, 0.1) is 5.56 Å². The van der Waals surface area contributed by atoms with Gasteiger partial charge in [0, 0.05) is 29.7 Å². The molecular weight excluding hydrogens is 376 g/mol. The molecule has 2 heterocycles. The van der Waals surface area contributed by atoms with Crippen molar-refractivity contribution in [3.05, 3.63) is 58.3 Å². The minimum atomic E-state index is -0.211. The second-order valence-electron chi connectivity index (χ2n) is 8.72. The molecule has 2 aromatic carbocycles. The van der Waals surface area contributed by atoms with Crippen molar-refractivity contribution >= 4 is 22.6 Å². The van der Waals surface area contributed by atoms with Crippen molar-refractivity contribution in [3.8, 4) is 5.75 Å². The minimum absolute atomic E-state index is 0.210. The molecule has 0 saturated carbocycles. The average Bonchev–Trinajstić information content (AvgIpc) is 3.03. The van der Waals surface area contributed by atoms with Crippen LogP contribution < -0.4 is 5.32 Å². The lowest BCUT2D eigenvalue weighted by Crippen LogP contribution is -2.33. The van der Waals surface area contributed by atoms with E-state index in [0.717, 1.165) is 41.9 Å². The van der Waals surface area contributed by atoms with E-state index in [0.29, 0.717) is 34.8 Å². The number of furan rings is 1. The lowest BCUT2D eigenvalue weighted by atomic mass is 9.98. The van der Waals surface area contributed by atoms with Crippen LogP contribution >= 0.6 is 0 Å². The first-order valence-electron chi connectivity index (χ1n) is 10.7. The molecule has 1 amide bonds. The Kier molecular flexibility index (Phi) is 5.56. The first-order valence-corrected chi connectivity index (χ1v) is 10.7. The van der Waals surface area contributed by atoms with Crippen LogP contribution in [-0.4, -0.2) is 29.0 Å². The van der Waals surface area contributed by atoms with Gasteiger partial charge in [-0.05, 0) is 69.8 Å². The number of rotatable bonds is 4. The fraction of sp³-hybridized carbons (Fsp3) is 0.400. The Morgan fingerprint density at radius 1 is 1.23 bits per heavy atom. The molecule has 0 unspecified atom stereocenters. The van der Waals surface area contributed by atoms with Crippen LogP contribution in [0.2, 0.25) is 0 Å². The standard InChI is InChI=1S/C25H30N2O3/c1-15-7-8-20(17(3)12-15)26-25(29)23-18(4)30-22-10-9-21(28)19(24(22)23)14-27-11-5-6-16(2)13-27/h7-10,12,16,28H,5-6,11,13-14H2,1-4H3,(H,26,29)/t16-/m1/s1. The van der Waals surface area contributed by atoms with Crippen LogP contribution in [0.3, 0.4) is 0 Å². The van der Waals surface area contributed by atoms with E-state index in [1.54, 1.807) is 19.1 Å². The Bertz CT molecular complexity index is 1100. The number of aromatic hydroxyl groups is 1. The number of likely N-dealkylation sites (tertiary alicyclic amines) is 1. The summed E-state index contributed by atoms with van der Waals surface area (Å²) < 4.78 is 5.92. The molecular formula is C25H30N2O3. The van der Waals surface area contributed by atoms with Gasteiger partial charge in [-0.15, -0.1) is 0 Å². The third kappa shape index (κ3) is 3.94. The molecule has 5 nitrogen and oxygen atoms in total. The number of benzene rings is 2. The monoisotopic (exact) mass is 406 g/mol. The van der Waals surface area contributed by atoms with Crippen LogP contribution in [0, 0.1) is 26.7 Å². The summed E-state index contributed by atoms with van der Waals surface area (Å²) in [5.41, 5.74) is 4.85. The number of phenolic OH excluding ortho intramolecular Hbond substituents is 1. The first kappa shape index (κ1) is 20.5.